The lowest BCUT2D eigenvalue weighted by atomic mass is 10.1. The summed E-state index contributed by atoms with van der Waals surface area (Å²) < 4.78 is 0. The number of thiophene rings is 1. The van der Waals surface area contributed by atoms with Gasteiger partial charge in [-0.25, -0.2) is 0 Å². The highest BCUT2D eigenvalue weighted by molar-refractivity contribution is 7.10. The topological polar surface area (TPSA) is 55.2 Å². The summed E-state index contributed by atoms with van der Waals surface area (Å²) in [4.78, 5) is 12.0. The van der Waals surface area contributed by atoms with Gasteiger partial charge in [-0.2, -0.15) is 0 Å². The van der Waals surface area contributed by atoms with Gasteiger partial charge in [-0.3, -0.25) is 10.1 Å². The number of anilines is 1. The van der Waals surface area contributed by atoms with Crippen LogP contribution < -0.4 is 5.32 Å². The van der Waals surface area contributed by atoms with Crippen LogP contribution in [0.1, 0.15) is 29.8 Å². The van der Waals surface area contributed by atoms with Gasteiger partial charge in [0.05, 0.1) is 11.0 Å². The standard InChI is InChI=1S/C14H16N2O2S/c1-3-11(13-8-5-9-19-13)15-12-7-4-6-10(2)14(12)16(17)18/h4-9,11,15H,3H2,1-2H3. The van der Waals surface area contributed by atoms with Crippen molar-refractivity contribution in [2.24, 2.45) is 0 Å². The summed E-state index contributed by atoms with van der Waals surface area (Å²) in [7, 11) is 0. The van der Waals surface area contributed by atoms with E-state index in [1.54, 1.807) is 30.4 Å². The van der Waals surface area contributed by atoms with Gasteiger partial charge in [-0.1, -0.05) is 25.1 Å². The third kappa shape index (κ3) is 2.93. The van der Waals surface area contributed by atoms with Gasteiger partial charge in [0.1, 0.15) is 5.69 Å². The van der Waals surface area contributed by atoms with E-state index in [0.29, 0.717) is 11.3 Å². The fourth-order valence-corrected chi connectivity index (χ4v) is 2.93. The third-order valence-corrected chi connectivity index (χ3v) is 4.03. The number of nitrogens with one attached hydrogen (secondary N) is 1. The molecule has 1 N–H and O–H groups in total. The summed E-state index contributed by atoms with van der Waals surface area (Å²) in [5, 5.41) is 16.5. The number of benzene rings is 1. The average molecular weight is 276 g/mol. The Hall–Kier alpha value is -1.88. The van der Waals surface area contributed by atoms with Crippen molar-refractivity contribution in [3.8, 4) is 0 Å². The highest BCUT2D eigenvalue weighted by atomic mass is 32.1. The largest absolute Gasteiger partial charge is 0.372 e. The lowest BCUT2D eigenvalue weighted by Crippen LogP contribution is -2.10. The zero-order valence-corrected chi connectivity index (χ0v) is 11.7. The molecule has 100 valence electrons. The Bertz CT molecular complexity index is 567. The number of hydrogen-bond donors (Lipinski definition) is 1. The Balaban J connectivity index is 2.32. The normalized spacial score (nSPS) is 12.1. The number of nitro benzene ring substituents is 1. The van der Waals surface area contributed by atoms with Crippen LogP contribution in [-0.4, -0.2) is 4.92 Å². The minimum atomic E-state index is -0.321. The van der Waals surface area contributed by atoms with Crippen molar-refractivity contribution >= 4 is 22.7 Å². The smallest absolute Gasteiger partial charge is 0.295 e. The molecule has 0 aliphatic rings. The quantitative estimate of drug-likeness (QED) is 0.645. The van der Waals surface area contributed by atoms with E-state index in [2.05, 4.69) is 12.2 Å². The van der Waals surface area contributed by atoms with Crippen molar-refractivity contribution < 1.29 is 4.92 Å². The number of para-hydroxylation sites is 1. The molecule has 0 saturated carbocycles. The summed E-state index contributed by atoms with van der Waals surface area (Å²) in [5.41, 5.74) is 1.43. The number of hydrogen-bond acceptors (Lipinski definition) is 4. The van der Waals surface area contributed by atoms with Gasteiger partial charge in [0, 0.05) is 10.4 Å². The van der Waals surface area contributed by atoms with Crippen molar-refractivity contribution in [1.82, 2.24) is 0 Å². The second-order valence-corrected chi connectivity index (χ2v) is 5.33. The molecule has 0 spiro atoms. The summed E-state index contributed by atoms with van der Waals surface area (Å²) in [6.45, 7) is 3.83. The predicted octanol–water partition coefficient (Wildman–Crippen LogP) is 4.53. The van der Waals surface area contributed by atoms with Gasteiger partial charge in [0.15, 0.2) is 0 Å². The highest BCUT2D eigenvalue weighted by Crippen LogP contribution is 2.33. The van der Waals surface area contributed by atoms with Gasteiger partial charge < -0.3 is 5.32 Å². The van der Waals surface area contributed by atoms with Crippen LogP contribution in [0, 0.1) is 17.0 Å². The van der Waals surface area contributed by atoms with E-state index in [-0.39, 0.29) is 16.7 Å². The molecule has 1 aromatic carbocycles. The minimum Gasteiger partial charge on any atom is -0.372 e. The van der Waals surface area contributed by atoms with Gasteiger partial charge >= 0.3 is 0 Å². The first-order chi connectivity index (χ1) is 9.13. The molecule has 2 rings (SSSR count). The van der Waals surface area contributed by atoms with Gasteiger partial charge in [-0.05, 0) is 30.9 Å². The van der Waals surface area contributed by atoms with Crippen LogP contribution in [0.4, 0.5) is 11.4 Å². The molecule has 19 heavy (non-hydrogen) atoms. The average Bonchev–Trinajstić information content (AvgIpc) is 2.89. The minimum absolute atomic E-state index is 0.112. The summed E-state index contributed by atoms with van der Waals surface area (Å²) in [5.74, 6) is 0. The van der Waals surface area contributed by atoms with E-state index in [4.69, 9.17) is 0 Å². The first kappa shape index (κ1) is 13.5. The van der Waals surface area contributed by atoms with E-state index >= 15 is 0 Å². The van der Waals surface area contributed by atoms with Crippen molar-refractivity contribution in [1.29, 1.82) is 0 Å². The van der Waals surface area contributed by atoms with Crippen LogP contribution in [0.3, 0.4) is 0 Å². The zero-order chi connectivity index (χ0) is 13.8. The van der Waals surface area contributed by atoms with Gasteiger partial charge in [0.25, 0.3) is 5.69 Å². The fraction of sp³-hybridized carbons (Fsp3) is 0.286. The molecule has 1 heterocycles. The van der Waals surface area contributed by atoms with E-state index < -0.39 is 0 Å². The lowest BCUT2D eigenvalue weighted by molar-refractivity contribution is -0.384. The maximum atomic E-state index is 11.2. The molecular weight excluding hydrogens is 260 g/mol. The van der Waals surface area contributed by atoms with Crippen LogP contribution in [-0.2, 0) is 0 Å². The Morgan fingerprint density at radius 3 is 2.74 bits per heavy atom. The Labute approximate surface area is 116 Å². The monoisotopic (exact) mass is 276 g/mol. The summed E-state index contributed by atoms with van der Waals surface area (Å²) in [6.07, 6.45) is 0.881. The van der Waals surface area contributed by atoms with Gasteiger partial charge in [0.2, 0.25) is 0 Å². The molecule has 0 aliphatic heterocycles. The highest BCUT2D eigenvalue weighted by Gasteiger charge is 2.19. The zero-order valence-electron chi connectivity index (χ0n) is 10.9. The summed E-state index contributed by atoms with van der Waals surface area (Å²) >= 11 is 1.66. The first-order valence-corrected chi connectivity index (χ1v) is 7.05. The predicted molar refractivity (Wildman–Crippen MR) is 78.8 cm³/mol. The van der Waals surface area contributed by atoms with E-state index in [1.165, 1.54) is 4.88 Å². The maximum Gasteiger partial charge on any atom is 0.295 e. The van der Waals surface area contributed by atoms with Crippen molar-refractivity contribution in [2.75, 3.05) is 5.32 Å². The van der Waals surface area contributed by atoms with Crippen molar-refractivity contribution in [2.45, 2.75) is 26.3 Å². The number of rotatable bonds is 5. The molecule has 0 bridgehead atoms. The second-order valence-electron chi connectivity index (χ2n) is 4.35. The maximum absolute atomic E-state index is 11.2. The molecule has 0 amide bonds. The molecule has 5 heteroatoms. The van der Waals surface area contributed by atoms with Gasteiger partial charge in [-0.15, -0.1) is 11.3 Å². The number of nitro groups is 1. The third-order valence-electron chi connectivity index (χ3n) is 3.04. The number of aryl methyl sites for hydroxylation is 1. The van der Waals surface area contributed by atoms with Crippen LogP contribution in [0.5, 0.6) is 0 Å². The Morgan fingerprint density at radius 2 is 2.16 bits per heavy atom. The van der Waals surface area contributed by atoms with E-state index in [0.717, 1.165) is 6.42 Å². The first-order valence-electron chi connectivity index (χ1n) is 6.17. The van der Waals surface area contributed by atoms with E-state index in [1.807, 2.05) is 23.6 Å². The Kier molecular flexibility index (Phi) is 4.16. The molecule has 2 aromatic rings. The fourth-order valence-electron chi connectivity index (χ4n) is 2.07. The Morgan fingerprint density at radius 1 is 1.37 bits per heavy atom. The molecule has 4 nitrogen and oxygen atoms in total. The van der Waals surface area contributed by atoms with Crippen LogP contribution in [0.2, 0.25) is 0 Å². The molecule has 0 saturated heterocycles. The molecule has 0 fully saturated rings. The van der Waals surface area contributed by atoms with Crippen LogP contribution in [0.15, 0.2) is 35.7 Å². The molecule has 1 unspecified atom stereocenters. The van der Waals surface area contributed by atoms with E-state index in [9.17, 15) is 10.1 Å². The van der Waals surface area contributed by atoms with Crippen molar-refractivity contribution in [3.63, 3.8) is 0 Å². The molecule has 1 aromatic heterocycles. The molecular formula is C14H16N2O2S. The lowest BCUT2D eigenvalue weighted by Gasteiger charge is -2.17. The molecule has 0 aliphatic carbocycles. The molecule has 1 atom stereocenters. The molecule has 0 radical (unpaired) electrons. The SMILES string of the molecule is CCC(Nc1cccc(C)c1[N+](=O)[O-])c1cccs1. The van der Waals surface area contributed by atoms with Crippen molar-refractivity contribution in [3.05, 3.63) is 56.3 Å². The summed E-state index contributed by atoms with van der Waals surface area (Å²) in [6, 6.07) is 9.52. The van der Waals surface area contributed by atoms with Crippen LogP contribution in [0.25, 0.3) is 0 Å². The second kappa shape index (κ2) is 5.84. The van der Waals surface area contributed by atoms with Crippen LogP contribution >= 0.6 is 11.3 Å². The number of nitrogens with zero attached hydrogens (tertiary/aromatic N) is 1.